The SMILES string of the molecule is COc1cc(-c2cn(C)c(=O)c3[nH]ncc23)cc(OC)c1CNCC(=O)NC(C)(C)C(=O)N1CCC(c2ccc(NC3CCC(=O)NC3=O)cc2)CC1. The van der Waals surface area contributed by atoms with Crippen molar-refractivity contribution in [3.63, 3.8) is 0 Å². The number of hydrogen-bond donors (Lipinski definition) is 5. The second-order valence-corrected chi connectivity index (χ2v) is 14.1. The first-order chi connectivity index (χ1) is 25.4. The average molecular weight is 727 g/mol. The van der Waals surface area contributed by atoms with E-state index in [1.807, 2.05) is 41.3 Å². The number of benzene rings is 2. The van der Waals surface area contributed by atoms with Crippen LogP contribution in [0.15, 0.2) is 53.6 Å². The van der Waals surface area contributed by atoms with Crippen molar-refractivity contribution in [1.82, 2.24) is 35.6 Å². The summed E-state index contributed by atoms with van der Waals surface area (Å²) in [7, 11) is 4.79. The molecule has 6 rings (SSSR count). The van der Waals surface area contributed by atoms with Gasteiger partial charge >= 0.3 is 0 Å². The van der Waals surface area contributed by atoms with Crippen LogP contribution in [0.5, 0.6) is 11.5 Å². The Morgan fingerprint density at radius 2 is 1.68 bits per heavy atom. The minimum atomic E-state index is -1.11. The van der Waals surface area contributed by atoms with Crippen LogP contribution in [0.2, 0.25) is 0 Å². The lowest BCUT2D eigenvalue weighted by atomic mass is 9.88. The zero-order valence-corrected chi connectivity index (χ0v) is 30.6. The number of likely N-dealkylation sites (tertiary alicyclic amines) is 1. The lowest BCUT2D eigenvalue weighted by Gasteiger charge is -2.37. The van der Waals surface area contributed by atoms with Crippen molar-refractivity contribution < 1.29 is 28.7 Å². The monoisotopic (exact) mass is 726 g/mol. The van der Waals surface area contributed by atoms with Crippen molar-refractivity contribution in [2.24, 2.45) is 7.05 Å². The van der Waals surface area contributed by atoms with E-state index in [9.17, 15) is 24.0 Å². The van der Waals surface area contributed by atoms with E-state index in [4.69, 9.17) is 9.47 Å². The molecule has 0 aliphatic carbocycles. The molecule has 2 fully saturated rings. The van der Waals surface area contributed by atoms with Crippen LogP contribution in [0.25, 0.3) is 22.0 Å². The van der Waals surface area contributed by atoms with Crippen LogP contribution < -0.4 is 36.3 Å². The van der Waals surface area contributed by atoms with Crippen LogP contribution in [0.1, 0.15) is 56.6 Å². The number of carbonyl (C=O) groups excluding carboxylic acids is 4. The summed E-state index contributed by atoms with van der Waals surface area (Å²) >= 11 is 0. The fourth-order valence-corrected chi connectivity index (χ4v) is 7.14. The fourth-order valence-electron chi connectivity index (χ4n) is 7.14. The maximum absolute atomic E-state index is 13.6. The predicted molar refractivity (Wildman–Crippen MR) is 199 cm³/mol. The third-order valence-electron chi connectivity index (χ3n) is 10.0. The number of nitrogens with zero attached hydrogens (tertiary/aromatic N) is 3. The minimum absolute atomic E-state index is 0.0440. The Morgan fingerprint density at radius 1 is 1.00 bits per heavy atom. The number of amides is 4. The molecule has 2 aliphatic rings. The molecule has 53 heavy (non-hydrogen) atoms. The highest BCUT2D eigenvalue weighted by atomic mass is 16.5. The van der Waals surface area contributed by atoms with E-state index in [1.54, 1.807) is 47.5 Å². The summed E-state index contributed by atoms with van der Waals surface area (Å²) in [5, 5.41) is 19.1. The summed E-state index contributed by atoms with van der Waals surface area (Å²) < 4.78 is 12.9. The summed E-state index contributed by atoms with van der Waals surface area (Å²) in [4.78, 5) is 64.5. The molecule has 0 bridgehead atoms. The van der Waals surface area contributed by atoms with Crippen LogP contribution in [-0.2, 0) is 32.8 Å². The Labute approximate surface area is 306 Å². The lowest BCUT2D eigenvalue weighted by Crippen LogP contribution is -2.58. The number of imide groups is 1. The van der Waals surface area contributed by atoms with Crippen molar-refractivity contribution in [2.75, 3.05) is 39.2 Å². The van der Waals surface area contributed by atoms with Crippen molar-refractivity contribution in [3.05, 3.63) is 70.3 Å². The number of methoxy groups -OCH3 is 2. The van der Waals surface area contributed by atoms with Crippen molar-refractivity contribution in [3.8, 4) is 22.6 Å². The van der Waals surface area contributed by atoms with Gasteiger partial charge in [0.15, 0.2) is 0 Å². The molecule has 2 aliphatic heterocycles. The summed E-state index contributed by atoms with van der Waals surface area (Å²) in [5.74, 6) is 0.336. The van der Waals surface area contributed by atoms with E-state index in [-0.39, 0.29) is 48.2 Å². The Kier molecular flexibility index (Phi) is 10.8. The number of aromatic amines is 1. The van der Waals surface area contributed by atoms with Gasteiger partial charge in [0.1, 0.15) is 28.6 Å². The molecule has 2 saturated heterocycles. The summed E-state index contributed by atoms with van der Waals surface area (Å²) in [6, 6.07) is 11.2. The topological polar surface area (TPSA) is 189 Å². The number of rotatable bonds is 12. The van der Waals surface area contributed by atoms with Gasteiger partial charge in [0.05, 0.1) is 27.0 Å². The third kappa shape index (κ3) is 8.04. The summed E-state index contributed by atoms with van der Waals surface area (Å²) in [5.41, 5.74) is 3.33. The number of pyridine rings is 1. The van der Waals surface area contributed by atoms with Crippen LogP contribution in [-0.4, -0.2) is 88.7 Å². The second kappa shape index (κ2) is 15.5. The van der Waals surface area contributed by atoms with Gasteiger partial charge in [0.25, 0.3) is 5.56 Å². The molecule has 1 atom stereocenters. The van der Waals surface area contributed by atoms with Crippen molar-refractivity contribution in [1.29, 1.82) is 0 Å². The van der Waals surface area contributed by atoms with Crippen molar-refractivity contribution >= 4 is 40.2 Å². The van der Waals surface area contributed by atoms with Crippen LogP contribution in [0.3, 0.4) is 0 Å². The summed E-state index contributed by atoms with van der Waals surface area (Å²) in [6.45, 7) is 4.78. The van der Waals surface area contributed by atoms with Crippen LogP contribution in [0.4, 0.5) is 5.69 Å². The maximum atomic E-state index is 13.6. The Bertz CT molecular complexity index is 2050. The highest BCUT2D eigenvalue weighted by Crippen LogP contribution is 2.37. The molecule has 4 heterocycles. The van der Waals surface area contributed by atoms with Gasteiger partial charge in [0.2, 0.25) is 23.6 Å². The number of ether oxygens (including phenoxy) is 2. The number of anilines is 1. The average Bonchev–Trinajstić information content (AvgIpc) is 3.64. The number of aryl methyl sites for hydroxylation is 1. The van der Waals surface area contributed by atoms with Gasteiger partial charge in [-0.05, 0) is 74.4 Å². The zero-order chi connectivity index (χ0) is 37.9. The van der Waals surface area contributed by atoms with E-state index in [0.29, 0.717) is 53.9 Å². The maximum Gasteiger partial charge on any atom is 0.276 e. The zero-order valence-electron chi connectivity index (χ0n) is 30.6. The molecule has 0 saturated carbocycles. The number of H-pyrrole nitrogens is 1. The minimum Gasteiger partial charge on any atom is -0.496 e. The highest BCUT2D eigenvalue weighted by Gasteiger charge is 2.35. The first kappa shape index (κ1) is 37.1. The van der Waals surface area contributed by atoms with Crippen molar-refractivity contribution in [2.45, 2.75) is 63.6 Å². The number of aromatic nitrogens is 3. The Hall–Kier alpha value is -5.70. The molecular weight excluding hydrogens is 680 g/mol. The third-order valence-corrected chi connectivity index (χ3v) is 10.0. The lowest BCUT2D eigenvalue weighted by molar-refractivity contribution is -0.141. The standard InChI is InChI=1S/C38H46N8O7/c1-38(2,37(51)46-14-12-23(13-15-46)22-6-8-25(9-7-22)41-29-10-11-32(47)42-35(29)49)43-33(48)20-39-18-27-30(52-4)16-24(17-31(27)53-5)28-21-45(3)36(50)34-26(28)19-40-44-34/h6-9,16-17,19,21,23,29,39,41H,10-15,18,20H2,1-5H3,(H,40,44)(H,43,48)(H,42,47,49). The molecule has 1 unspecified atom stereocenters. The Morgan fingerprint density at radius 3 is 2.32 bits per heavy atom. The van der Waals surface area contributed by atoms with Gasteiger partial charge in [-0.2, -0.15) is 5.10 Å². The smallest absolute Gasteiger partial charge is 0.276 e. The van der Waals surface area contributed by atoms with Gasteiger partial charge in [0, 0.05) is 61.5 Å². The molecule has 2 aromatic heterocycles. The predicted octanol–water partition coefficient (Wildman–Crippen LogP) is 2.55. The van der Waals surface area contributed by atoms with E-state index in [1.165, 1.54) is 4.57 Å². The quantitative estimate of drug-likeness (QED) is 0.136. The molecule has 15 heteroatoms. The summed E-state index contributed by atoms with van der Waals surface area (Å²) in [6.07, 6.45) is 5.71. The first-order valence-electron chi connectivity index (χ1n) is 17.7. The molecule has 2 aromatic carbocycles. The first-order valence-corrected chi connectivity index (χ1v) is 17.7. The van der Waals surface area contributed by atoms with Gasteiger partial charge in [-0.3, -0.25) is 34.4 Å². The van der Waals surface area contributed by atoms with Gasteiger partial charge < -0.3 is 34.9 Å². The van der Waals surface area contributed by atoms with E-state index < -0.39 is 11.6 Å². The molecular formula is C38H46N8O7. The molecule has 280 valence electrons. The molecule has 5 N–H and O–H groups in total. The normalized spacial score (nSPS) is 16.7. The molecule has 4 amide bonds. The number of hydrogen-bond acceptors (Lipinski definition) is 10. The largest absolute Gasteiger partial charge is 0.496 e. The number of carbonyl (C=O) groups is 4. The molecule has 0 radical (unpaired) electrons. The molecule has 0 spiro atoms. The second-order valence-electron chi connectivity index (χ2n) is 14.1. The van der Waals surface area contributed by atoms with Gasteiger partial charge in [-0.15, -0.1) is 0 Å². The van der Waals surface area contributed by atoms with E-state index in [0.717, 1.165) is 35.2 Å². The molecule has 4 aromatic rings. The van der Waals surface area contributed by atoms with Crippen LogP contribution in [0, 0.1) is 0 Å². The molecule has 15 nitrogen and oxygen atoms in total. The van der Waals surface area contributed by atoms with E-state index in [2.05, 4.69) is 31.5 Å². The fraction of sp³-hybridized carbons (Fsp3) is 0.421. The Balaban J connectivity index is 1.01. The number of piperidine rings is 2. The van der Waals surface area contributed by atoms with E-state index >= 15 is 0 Å². The number of nitrogens with one attached hydrogen (secondary N) is 5. The van der Waals surface area contributed by atoms with Crippen LogP contribution >= 0.6 is 0 Å². The van der Waals surface area contributed by atoms with Gasteiger partial charge in [-0.25, -0.2) is 0 Å². The highest BCUT2D eigenvalue weighted by molar-refractivity contribution is 6.01. The van der Waals surface area contributed by atoms with Gasteiger partial charge in [-0.1, -0.05) is 12.1 Å². The number of fused-ring (bicyclic) bond motifs is 1.